The summed E-state index contributed by atoms with van der Waals surface area (Å²) in [5, 5.41) is 0. The maximum absolute atomic E-state index is 14.3. The molecule has 1 aliphatic carbocycles. The molecular weight excluding hydrogens is 706 g/mol. The molecule has 1 aromatic carbocycles. The Balaban J connectivity index is 2.30. The molecule has 236 valence electrons. The van der Waals surface area contributed by atoms with Crippen molar-refractivity contribution >= 4 is 28.6 Å². The summed E-state index contributed by atoms with van der Waals surface area (Å²) < 4.78 is 177. The fraction of sp³-hybridized carbons (Fsp3) is 0.720. The van der Waals surface area contributed by atoms with Crippen molar-refractivity contribution in [2.75, 3.05) is 0 Å². The van der Waals surface area contributed by atoms with Gasteiger partial charge in [0.25, 0.3) is 0 Å². The largest absolute Gasteiger partial charge is 0.461 e. The fourth-order valence-corrected chi connectivity index (χ4v) is 5.53. The van der Waals surface area contributed by atoms with Gasteiger partial charge < -0.3 is 4.74 Å². The standard InChI is InChI=1S/C25H26F13IO2/c1-13-9-10-15(19(2,3)14-7-5-4-6-8-14)17(11-13)41-18(40)16(39)12-20(26,27)21(28,29)22(30,31)23(32,33)24(34,35)25(36,37)38/h4-8,13,15-17H,9-12H2,1-3H3/t13-,15-,16?,17-/m1/s1. The first-order valence-electron chi connectivity index (χ1n) is 12.1. The first-order chi connectivity index (χ1) is 18.3. The van der Waals surface area contributed by atoms with Crippen molar-refractivity contribution in [2.24, 2.45) is 11.8 Å². The minimum atomic E-state index is -7.99. The molecule has 1 saturated carbocycles. The molecule has 2 nitrogen and oxygen atoms in total. The Labute approximate surface area is 240 Å². The molecule has 41 heavy (non-hydrogen) atoms. The summed E-state index contributed by atoms with van der Waals surface area (Å²) in [6.07, 6.45) is -9.71. The van der Waals surface area contributed by atoms with Crippen LogP contribution in [0.25, 0.3) is 0 Å². The number of hydrogen-bond donors (Lipinski definition) is 0. The number of rotatable bonds is 10. The molecule has 1 aliphatic rings. The van der Waals surface area contributed by atoms with Crippen LogP contribution in [0, 0.1) is 11.8 Å². The molecule has 16 heteroatoms. The van der Waals surface area contributed by atoms with Crippen LogP contribution in [-0.4, -0.2) is 51.8 Å². The summed E-state index contributed by atoms with van der Waals surface area (Å²) in [6, 6.07) is 8.82. The van der Waals surface area contributed by atoms with Gasteiger partial charge in [0.1, 0.15) is 10.0 Å². The maximum Gasteiger partial charge on any atom is 0.460 e. The van der Waals surface area contributed by atoms with E-state index in [1.54, 1.807) is 37.3 Å². The first kappa shape index (κ1) is 35.7. The van der Waals surface area contributed by atoms with E-state index in [4.69, 9.17) is 4.74 Å². The highest BCUT2D eigenvalue weighted by molar-refractivity contribution is 14.1. The zero-order valence-corrected chi connectivity index (χ0v) is 23.8. The average Bonchev–Trinajstić information content (AvgIpc) is 2.83. The second-order valence-electron chi connectivity index (χ2n) is 10.8. The molecule has 4 atom stereocenters. The Hall–Kier alpha value is -1.49. The molecule has 0 aromatic heterocycles. The van der Waals surface area contributed by atoms with Crippen molar-refractivity contribution in [3.8, 4) is 0 Å². The average molecular weight is 732 g/mol. The number of esters is 1. The molecule has 0 heterocycles. The van der Waals surface area contributed by atoms with Gasteiger partial charge in [-0.05, 0) is 29.7 Å². The third-order valence-corrected chi connectivity index (χ3v) is 8.40. The minimum absolute atomic E-state index is 0.0368. The van der Waals surface area contributed by atoms with Crippen LogP contribution in [0.2, 0.25) is 0 Å². The molecule has 0 aliphatic heterocycles. The van der Waals surface area contributed by atoms with Gasteiger partial charge in [-0.15, -0.1) is 0 Å². The number of carbonyl (C=O) groups is 1. The molecule has 0 bridgehead atoms. The second-order valence-corrected chi connectivity index (χ2v) is 12.3. The lowest BCUT2D eigenvalue weighted by molar-refractivity contribution is -0.440. The topological polar surface area (TPSA) is 26.3 Å². The van der Waals surface area contributed by atoms with Crippen LogP contribution in [0.1, 0.15) is 52.0 Å². The predicted molar refractivity (Wildman–Crippen MR) is 129 cm³/mol. The molecule has 1 unspecified atom stereocenters. The molecule has 0 radical (unpaired) electrons. The quantitative estimate of drug-likeness (QED) is 0.104. The van der Waals surface area contributed by atoms with Gasteiger partial charge in [-0.25, -0.2) is 0 Å². The molecule has 0 spiro atoms. The minimum Gasteiger partial charge on any atom is -0.461 e. The van der Waals surface area contributed by atoms with Crippen LogP contribution in [0.3, 0.4) is 0 Å². The monoisotopic (exact) mass is 732 g/mol. The van der Waals surface area contributed by atoms with Crippen molar-refractivity contribution in [1.29, 1.82) is 0 Å². The lowest BCUT2D eigenvalue weighted by Gasteiger charge is -2.44. The van der Waals surface area contributed by atoms with Gasteiger partial charge in [0.05, 0.1) is 0 Å². The molecule has 0 saturated heterocycles. The Morgan fingerprint density at radius 2 is 1.32 bits per heavy atom. The highest BCUT2D eigenvalue weighted by Gasteiger charge is 2.90. The van der Waals surface area contributed by atoms with Crippen LogP contribution < -0.4 is 0 Å². The van der Waals surface area contributed by atoms with Gasteiger partial charge in [-0.1, -0.05) is 80.1 Å². The van der Waals surface area contributed by atoms with Crippen molar-refractivity contribution in [1.82, 2.24) is 0 Å². The Bertz CT molecular complexity index is 1060. The summed E-state index contributed by atoms with van der Waals surface area (Å²) in [5.74, 6) is -39.6. The van der Waals surface area contributed by atoms with Crippen LogP contribution >= 0.6 is 22.6 Å². The van der Waals surface area contributed by atoms with Crippen LogP contribution in [0.4, 0.5) is 57.1 Å². The second kappa shape index (κ2) is 11.5. The van der Waals surface area contributed by atoms with E-state index in [-0.39, 0.29) is 12.3 Å². The van der Waals surface area contributed by atoms with Crippen molar-refractivity contribution in [3.05, 3.63) is 35.9 Å². The number of hydrogen-bond acceptors (Lipinski definition) is 2. The molecule has 0 amide bonds. The van der Waals surface area contributed by atoms with Crippen molar-refractivity contribution < 1.29 is 66.6 Å². The van der Waals surface area contributed by atoms with Gasteiger partial charge in [-0.3, -0.25) is 4.79 Å². The summed E-state index contributed by atoms with van der Waals surface area (Å²) in [7, 11) is 0. The summed E-state index contributed by atoms with van der Waals surface area (Å²) in [4.78, 5) is 12.7. The SMILES string of the molecule is C[C@@H]1CC[C@@H](C(C)(C)c2ccccc2)[C@H](OC(=O)C(I)CC(F)(F)C(F)(F)C(F)(F)C(F)(F)C(F)(F)C(F)(F)F)C1. The third kappa shape index (κ3) is 6.41. The van der Waals surface area contributed by atoms with E-state index in [0.29, 0.717) is 12.8 Å². The number of carbonyl (C=O) groups excluding carboxylic acids is 1. The van der Waals surface area contributed by atoms with E-state index >= 15 is 0 Å². The highest BCUT2D eigenvalue weighted by atomic mass is 127. The van der Waals surface area contributed by atoms with Gasteiger partial charge in [0.15, 0.2) is 0 Å². The fourth-order valence-electron chi connectivity index (χ4n) is 4.83. The number of alkyl halides is 14. The van der Waals surface area contributed by atoms with E-state index in [0.717, 1.165) is 28.2 Å². The van der Waals surface area contributed by atoms with Gasteiger partial charge >= 0.3 is 41.8 Å². The molecular formula is C25H26F13IO2. The van der Waals surface area contributed by atoms with E-state index < -0.39 is 69.5 Å². The van der Waals surface area contributed by atoms with E-state index in [9.17, 15) is 61.9 Å². The van der Waals surface area contributed by atoms with Crippen LogP contribution in [0.15, 0.2) is 30.3 Å². The lowest BCUT2D eigenvalue weighted by atomic mass is 9.64. The highest BCUT2D eigenvalue weighted by Crippen LogP contribution is 2.61. The van der Waals surface area contributed by atoms with E-state index in [2.05, 4.69) is 0 Å². The molecule has 1 aromatic rings. The predicted octanol–water partition coefficient (Wildman–Crippen LogP) is 9.24. The van der Waals surface area contributed by atoms with Gasteiger partial charge in [0.2, 0.25) is 0 Å². The zero-order chi connectivity index (χ0) is 32.0. The van der Waals surface area contributed by atoms with Crippen LogP contribution in [-0.2, 0) is 14.9 Å². The Morgan fingerprint density at radius 1 is 0.829 bits per heavy atom. The van der Waals surface area contributed by atoms with Gasteiger partial charge in [0, 0.05) is 12.3 Å². The molecule has 0 N–H and O–H groups in total. The van der Waals surface area contributed by atoms with E-state index in [1.165, 1.54) is 0 Å². The Kier molecular flexibility index (Phi) is 10.1. The number of benzene rings is 1. The van der Waals surface area contributed by atoms with E-state index in [1.807, 2.05) is 13.8 Å². The third-order valence-electron chi connectivity index (χ3n) is 7.46. The molecule has 1 fully saturated rings. The lowest BCUT2D eigenvalue weighted by Crippen LogP contribution is -2.70. The normalized spacial score (nSPS) is 22.8. The first-order valence-corrected chi connectivity index (χ1v) is 13.4. The molecule has 2 rings (SSSR count). The summed E-state index contributed by atoms with van der Waals surface area (Å²) in [5.41, 5.74) is 0.151. The number of ether oxygens (including phenoxy) is 1. The zero-order valence-electron chi connectivity index (χ0n) is 21.6. The van der Waals surface area contributed by atoms with Gasteiger partial charge in [-0.2, -0.15) is 57.1 Å². The Morgan fingerprint density at radius 3 is 1.80 bits per heavy atom. The van der Waals surface area contributed by atoms with Crippen molar-refractivity contribution in [3.63, 3.8) is 0 Å². The summed E-state index contributed by atoms with van der Waals surface area (Å²) >= 11 is 0.803. The van der Waals surface area contributed by atoms with Crippen LogP contribution in [0.5, 0.6) is 0 Å². The van der Waals surface area contributed by atoms with Crippen molar-refractivity contribution in [2.45, 2.75) is 97.7 Å². The smallest absolute Gasteiger partial charge is 0.460 e. The number of halogens is 14. The summed E-state index contributed by atoms with van der Waals surface area (Å²) in [6.45, 7) is 5.43. The maximum atomic E-state index is 14.3.